The van der Waals surface area contributed by atoms with Crippen LogP contribution in [0.2, 0.25) is 0 Å². The average Bonchev–Trinajstić information content (AvgIpc) is 3.11. The number of benzene rings is 2. The lowest BCUT2D eigenvalue weighted by Gasteiger charge is -2.16. The Balaban J connectivity index is 1.66. The first-order valence-electron chi connectivity index (χ1n) is 9.73. The van der Waals surface area contributed by atoms with Gasteiger partial charge in [0.1, 0.15) is 5.75 Å². The van der Waals surface area contributed by atoms with Crippen LogP contribution >= 0.6 is 11.8 Å². The Morgan fingerprint density at radius 3 is 2.67 bits per heavy atom. The van der Waals surface area contributed by atoms with Crippen LogP contribution in [0, 0.1) is 13.8 Å². The summed E-state index contributed by atoms with van der Waals surface area (Å²) in [6.07, 6.45) is 1.48. The van der Waals surface area contributed by atoms with Gasteiger partial charge in [-0.25, -0.2) is 0 Å². The van der Waals surface area contributed by atoms with E-state index < -0.39 is 0 Å². The topological polar surface area (TPSA) is 69.0 Å². The predicted octanol–water partition coefficient (Wildman–Crippen LogP) is 4.95. The Kier molecular flexibility index (Phi) is 7.30. The second kappa shape index (κ2) is 10.1. The standard InChI is InChI=1S/C23H26N4O2S/c1-5-13-27-22(18(4)29-20-8-6-7-17(3)14-20)25-26-23(27)30-15-21(28)24-19-11-9-16(2)10-12-19/h5-12,14,18H,1,13,15H2,2-4H3,(H,24,28). The van der Waals surface area contributed by atoms with Crippen LogP contribution in [0.15, 0.2) is 66.3 Å². The van der Waals surface area contributed by atoms with Gasteiger partial charge in [-0.2, -0.15) is 0 Å². The van der Waals surface area contributed by atoms with Gasteiger partial charge in [-0.05, 0) is 50.6 Å². The van der Waals surface area contributed by atoms with E-state index in [2.05, 4.69) is 22.1 Å². The highest BCUT2D eigenvalue weighted by atomic mass is 32.2. The molecule has 0 fully saturated rings. The number of thioether (sulfide) groups is 1. The van der Waals surface area contributed by atoms with E-state index in [1.54, 1.807) is 6.08 Å². The molecule has 156 valence electrons. The zero-order valence-electron chi connectivity index (χ0n) is 17.5. The maximum Gasteiger partial charge on any atom is 0.234 e. The number of hydrogen-bond acceptors (Lipinski definition) is 5. The molecule has 0 aliphatic carbocycles. The summed E-state index contributed by atoms with van der Waals surface area (Å²) in [6, 6.07) is 15.6. The molecule has 6 nitrogen and oxygen atoms in total. The minimum Gasteiger partial charge on any atom is -0.483 e. The van der Waals surface area contributed by atoms with Gasteiger partial charge in [0.05, 0.1) is 5.75 Å². The lowest BCUT2D eigenvalue weighted by molar-refractivity contribution is -0.113. The molecule has 1 heterocycles. The van der Waals surface area contributed by atoms with E-state index in [0.717, 1.165) is 22.6 Å². The number of carbonyl (C=O) groups excluding carboxylic acids is 1. The Morgan fingerprint density at radius 1 is 1.20 bits per heavy atom. The molecule has 2 aromatic carbocycles. The van der Waals surface area contributed by atoms with Crippen LogP contribution in [0.3, 0.4) is 0 Å². The number of anilines is 1. The van der Waals surface area contributed by atoms with E-state index in [-0.39, 0.29) is 17.8 Å². The maximum atomic E-state index is 12.3. The van der Waals surface area contributed by atoms with E-state index in [1.165, 1.54) is 11.8 Å². The molecule has 0 bridgehead atoms. The SMILES string of the molecule is C=CCn1c(SCC(=O)Nc2ccc(C)cc2)nnc1C(C)Oc1cccc(C)c1. The fourth-order valence-corrected chi connectivity index (χ4v) is 3.67. The third-order valence-electron chi connectivity index (χ3n) is 4.39. The Bertz CT molecular complexity index is 1010. The second-order valence-corrected chi connectivity index (χ2v) is 7.96. The minimum atomic E-state index is -0.296. The number of hydrogen-bond donors (Lipinski definition) is 1. The largest absolute Gasteiger partial charge is 0.483 e. The van der Waals surface area contributed by atoms with Crippen LogP contribution in [0.5, 0.6) is 5.75 Å². The van der Waals surface area contributed by atoms with Crippen LogP contribution in [0.25, 0.3) is 0 Å². The molecule has 0 saturated heterocycles. The van der Waals surface area contributed by atoms with E-state index in [1.807, 2.05) is 73.9 Å². The fraction of sp³-hybridized carbons (Fsp3) is 0.261. The molecule has 0 radical (unpaired) electrons. The van der Waals surface area contributed by atoms with Gasteiger partial charge in [0.2, 0.25) is 5.91 Å². The lowest BCUT2D eigenvalue weighted by Crippen LogP contribution is -2.15. The summed E-state index contributed by atoms with van der Waals surface area (Å²) in [7, 11) is 0. The number of nitrogens with one attached hydrogen (secondary N) is 1. The zero-order chi connectivity index (χ0) is 21.5. The molecular formula is C23H26N4O2S. The fourth-order valence-electron chi connectivity index (χ4n) is 2.92. The van der Waals surface area contributed by atoms with Crippen molar-refractivity contribution < 1.29 is 9.53 Å². The first kappa shape index (κ1) is 21.6. The summed E-state index contributed by atoms with van der Waals surface area (Å²) < 4.78 is 7.98. The highest BCUT2D eigenvalue weighted by Crippen LogP contribution is 2.25. The maximum absolute atomic E-state index is 12.3. The summed E-state index contributed by atoms with van der Waals surface area (Å²) in [6.45, 7) is 10.3. The smallest absolute Gasteiger partial charge is 0.234 e. The van der Waals surface area contributed by atoms with Gasteiger partial charge in [0.25, 0.3) is 0 Å². The molecule has 1 aromatic heterocycles. The van der Waals surface area contributed by atoms with Crippen molar-refractivity contribution in [2.45, 2.75) is 38.6 Å². The monoisotopic (exact) mass is 422 g/mol. The van der Waals surface area contributed by atoms with Gasteiger partial charge in [-0.3, -0.25) is 9.36 Å². The Labute approximate surface area is 181 Å². The van der Waals surface area contributed by atoms with Crippen molar-refractivity contribution in [3.8, 4) is 5.75 Å². The Morgan fingerprint density at radius 2 is 1.97 bits per heavy atom. The molecule has 1 unspecified atom stereocenters. The molecule has 3 rings (SSSR count). The number of nitrogens with zero attached hydrogens (tertiary/aromatic N) is 3. The van der Waals surface area contributed by atoms with Gasteiger partial charge in [0.15, 0.2) is 17.1 Å². The number of rotatable bonds is 9. The molecule has 1 N–H and O–H groups in total. The van der Waals surface area contributed by atoms with Gasteiger partial charge >= 0.3 is 0 Å². The number of aromatic nitrogens is 3. The third kappa shape index (κ3) is 5.73. The molecule has 1 atom stereocenters. The normalized spacial score (nSPS) is 11.7. The second-order valence-electron chi connectivity index (χ2n) is 7.02. The first-order chi connectivity index (χ1) is 14.5. The third-order valence-corrected chi connectivity index (χ3v) is 5.36. The molecule has 0 aliphatic heterocycles. The van der Waals surface area contributed by atoms with Gasteiger partial charge < -0.3 is 10.1 Å². The van der Waals surface area contributed by atoms with Crippen molar-refractivity contribution in [1.82, 2.24) is 14.8 Å². The summed E-state index contributed by atoms with van der Waals surface area (Å²) in [4.78, 5) is 12.3. The molecule has 0 spiro atoms. The lowest BCUT2D eigenvalue weighted by atomic mass is 10.2. The number of allylic oxidation sites excluding steroid dienone is 1. The first-order valence-corrected chi connectivity index (χ1v) is 10.7. The molecule has 30 heavy (non-hydrogen) atoms. The molecule has 3 aromatic rings. The molecule has 7 heteroatoms. The van der Waals surface area contributed by atoms with E-state index in [0.29, 0.717) is 17.5 Å². The quantitative estimate of drug-likeness (QED) is 0.390. The van der Waals surface area contributed by atoms with Crippen LogP contribution in [0.4, 0.5) is 5.69 Å². The summed E-state index contributed by atoms with van der Waals surface area (Å²) in [5.74, 6) is 1.61. The number of carbonyl (C=O) groups is 1. The molecular weight excluding hydrogens is 396 g/mol. The van der Waals surface area contributed by atoms with Gasteiger partial charge in [-0.1, -0.05) is 47.7 Å². The molecule has 0 saturated carbocycles. The summed E-state index contributed by atoms with van der Waals surface area (Å²) in [5.41, 5.74) is 3.05. The highest BCUT2D eigenvalue weighted by molar-refractivity contribution is 7.99. The predicted molar refractivity (Wildman–Crippen MR) is 121 cm³/mol. The van der Waals surface area contributed by atoms with Gasteiger partial charge in [0, 0.05) is 12.2 Å². The Hall–Kier alpha value is -3.06. The number of amides is 1. The van der Waals surface area contributed by atoms with E-state index in [4.69, 9.17) is 4.74 Å². The van der Waals surface area contributed by atoms with Crippen molar-refractivity contribution in [3.63, 3.8) is 0 Å². The van der Waals surface area contributed by atoms with E-state index in [9.17, 15) is 4.79 Å². The van der Waals surface area contributed by atoms with Crippen LogP contribution in [0.1, 0.15) is 30.0 Å². The highest BCUT2D eigenvalue weighted by Gasteiger charge is 2.20. The van der Waals surface area contributed by atoms with Crippen molar-refractivity contribution in [3.05, 3.63) is 78.1 Å². The van der Waals surface area contributed by atoms with Crippen LogP contribution in [-0.2, 0) is 11.3 Å². The van der Waals surface area contributed by atoms with Gasteiger partial charge in [-0.15, -0.1) is 16.8 Å². The summed E-state index contributed by atoms with van der Waals surface area (Å²) >= 11 is 1.34. The van der Waals surface area contributed by atoms with Crippen molar-refractivity contribution >= 4 is 23.4 Å². The molecule has 0 aliphatic rings. The minimum absolute atomic E-state index is 0.0948. The van der Waals surface area contributed by atoms with Crippen molar-refractivity contribution in [2.75, 3.05) is 11.1 Å². The number of aryl methyl sites for hydroxylation is 2. The molecule has 1 amide bonds. The number of ether oxygens (including phenoxy) is 1. The summed E-state index contributed by atoms with van der Waals surface area (Å²) in [5, 5.41) is 12.1. The van der Waals surface area contributed by atoms with Crippen LogP contribution < -0.4 is 10.1 Å². The average molecular weight is 423 g/mol. The van der Waals surface area contributed by atoms with Crippen molar-refractivity contribution in [2.24, 2.45) is 0 Å². The zero-order valence-corrected chi connectivity index (χ0v) is 18.3. The van der Waals surface area contributed by atoms with Crippen LogP contribution in [-0.4, -0.2) is 26.4 Å². The van der Waals surface area contributed by atoms with Crippen molar-refractivity contribution in [1.29, 1.82) is 0 Å². The van der Waals surface area contributed by atoms with E-state index >= 15 is 0 Å².